The molecule has 0 saturated heterocycles. The molecule has 3 aromatic rings. The van der Waals surface area contributed by atoms with Gasteiger partial charge in [-0.3, -0.25) is 4.79 Å². The molecule has 3 heterocycles. The Morgan fingerprint density at radius 3 is 2.67 bits per heavy atom. The predicted molar refractivity (Wildman–Crippen MR) is 101 cm³/mol. The van der Waals surface area contributed by atoms with E-state index in [1.807, 2.05) is 61.1 Å². The highest BCUT2D eigenvalue weighted by molar-refractivity contribution is 6.10. The number of ether oxygens (including phenoxy) is 1. The maximum Gasteiger partial charge on any atom is 0.248 e. The number of hydrogen-bond acceptors (Lipinski definition) is 5. The largest absolute Gasteiger partial charge is 0.497 e. The van der Waals surface area contributed by atoms with Crippen molar-refractivity contribution in [3.05, 3.63) is 54.6 Å². The van der Waals surface area contributed by atoms with Gasteiger partial charge in [0.1, 0.15) is 24.0 Å². The van der Waals surface area contributed by atoms with E-state index in [1.54, 1.807) is 11.8 Å². The van der Waals surface area contributed by atoms with E-state index in [4.69, 9.17) is 4.74 Å². The third kappa shape index (κ3) is 2.99. The van der Waals surface area contributed by atoms with Crippen LogP contribution >= 0.6 is 0 Å². The van der Waals surface area contributed by atoms with Crippen molar-refractivity contribution in [3.8, 4) is 5.75 Å². The van der Waals surface area contributed by atoms with E-state index in [0.29, 0.717) is 17.3 Å². The SMILES string of the molecule is COc1ccc(NC(=O)C2C(C)=Nc3ncnn3C2c2cccn2C)cc1. The molecule has 0 fully saturated rings. The number of aromatic nitrogens is 4. The first kappa shape index (κ1) is 17.0. The number of methoxy groups -OCH3 is 1. The summed E-state index contributed by atoms with van der Waals surface area (Å²) in [7, 11) is 3.56. The van der Waals surface area contributed by atoms with Crippen LogP contribution in [-0.2, 0) is 11.8 Å². The van der Waals surface area contributed by atoms with Crippen LogP contribution in [-0.4, -0.2) is 38.1 Å². The first-order valence-electron chi connectivity index (χ1n) is 8.59. The molecule has 0 saturated carbocycles. The van der Waals surface area contributed by atoms with Crippen LogP contribution in [0.15, 0.2) is 53.9 Å². The van der Waals surface area contributed by atoms with Crippen molar-refractivity contribution < 1.29 is 9.53 Å². The third-order valence-corrected chi connectivity index (χ3v) is 4.79. The molecule has 4 rings (SSSR count). The highest BCUT2D eigenvalue weighted by Gasteiger charge is 2.39. The highest BCUT2D eigenvalue weighted by atomic mass is 16.5. The van der Waals surface area contributed by atoms with Crippen molar-refractivity contribution in [1.29, 1.82) is 0 Å². The molecule has 0 radical (unpaired) electrons. The van der Waals surface area contributed by atoms with Gasteiger partial charge in [-0.25, -0.2) is 9.67 Å². The lowest BCUT2D eigenvalue weighted by molar-refractivity contribution is -0.118. The minimum Gasteiger partial charge on any atom is -0.497 e. The summed E-state index contributed by atoms with van der Waals surface area (Å²) in [6.45, 7) is 1.85. The maximum absolute atomic E-state index is 13.2. The number of aryl methyl sites for hydroxylation is 1. The fraction of sp³-hybridized carbons (Fsp3) is 0.263. The Labute approximate surface area is 156 Å². The van der Waals surface area contributed by atoms with Crippen molar-refractivity contribution in [2.75, 3.05) is 12.4 Å². The molecule has 1 aliphatic rings. The number of carbonyl (C=O) groups excluding carboxylic acids is 1. The molecule has 1 aliphatic heterocycles. The Kier molecular flexibility index (Phi) is 4.23. The number of benzene rings is 1. The van der Waals surface area contributed by atoms with Crippen molar-refractivity contribution in [1.82, 2.24) is 19.3 Å². The highest BCUT2D eigenvalue weighted by Crippen LogP contribution is 2.35. The number of rotatable bonds is 4. The van der Waals surface area contributed by atoms with E-state index < -0.39 is 5.92 Å². The van der Waals surface area contributed by atoms with Gasteiger partial charge in [0.05, 0.1) is 7.11 Å². The molecule has 2 unspecified atom stereocenters. The Morgan fingerprint density at radius 2 is 2.00 bits per heavy atom. The van der Waals surface area contributed by atoms with Crippen LogP contribution in [0.5, 0.6) is 5.75 Å². The monoisotopic (exact) mass is 364 g/mol. The average molecular weight is 364 g/mol. The van der Waals surface area contributed by atoms with E-state index in [9.17, 15) is 4.79 Å². The summed E-state index contributed by atoms with van der Waals surface area (Å²) in [5.74, 6) is 0.591. The number of aliphatic imine (C=N–C) groups is 1. The normalized spacial score (nSPS) is 18.6. The lowest BCUT2D eigenvalue weighted by Crippen LogP contribution is -2.39. The van der Waals surface area contributed by atoms with E-state index in [0.717, 1.165) is 11.4 Å². The van der Waals surface area contributed by atoms with E-state index in [1.165, 1.54) is 6.33 Å². The molecule has 27 heavy (non-hydrogen) atoms. The quantitative estimate of drug-likeness (QED) is 0.771. The molecular weight excluding hydrogens is 344 g/mol. The van der Waals surface area contributed by atoms with E-state index in [-0.39, 0.29) is 11.9 Å². The van der Waals surface area contributed by atoms with Gasteiger partial charge in [0.15, 0.2) is 0 Å². The fourth-order valence-electron chi connectivity index (χ4n) is 3.42. The van der Waals surface area contributed by atoms with Crippen LogP contribution in [0.3, 0.4) is 0 Å². The average Bonchev–Trinajstić information content (AvgIpc) is 3.29. The Bertz CT molecular complexity index is 1000. The molecule has 8 heteroatoms. The molecule has 2 aromatic heterocycles. The first-order valence-corrected chi connectivity index (χ1v) is 8.59. The zero-order chi connectivity index (χ0) is 19.0. The Morgan fingerprint density at radius 1 is 1.22 bits per heavy atom. The third-order valence-electron chi connectivity index (χ3n) is 4.79. The van der Waals surface area contributed by atoms with Crippen LogP contribution < -0.4 is 10.1 Å². The smallest absolute Gasteiger partial charge is 0.248 e. The summed E-state index contributed by atoms with van der Waals surface area (Å²) >= 11 is 0. The topological polar surface area (TPSA) is 86.3 Å². The lowest BCUT2D eigenvalue weighted by atomic mass is 9.90. The number of carbonyl (C=O) groups is 1. The first-order chi connectivity index (χ1) is 13.1. The second-order valence-electron chi connectivity index (χ2n) is 6.44. The van der Waals surface area contributed by atoms with Crippen molar-refractivity contribution in [2.24, 2.45) is 18.0 Å². The molecule has 0 aliphatic carbocycles. The van der Waals surface area contributed by atoms with Gasteiger partial charge in [0, 0.05) is 30.3 Å². The molecule has 2 atom stereocenters. The summed E-state index contributed by atoms with van der Waals surface area (Å²) in [5.41, 5.74) is 2.36. The molecule has 1 amide bonds. The number of fused-ring (bicyclic) bond motifs is 1. The fourth-order valence-corrected chi connectivity index (χ4v) is 3.42. The van der Waals surface area contributed by atoms with Gasteiger partial charge in [-0.15, -0.1) is 0 Å². The molecule has 1 N–H and O–H groups in total. The number of amides is 1. The summed E-state index contributed by atoms with van der Waals surface area (Å²) < 4.78 is 8.86. The zero-order valence-corrected chi connectivity index (χ0v) is 15.3. The molecule has 0 spiro atoms. The number of hydrogen-bond donors (Lipinski definition) is 1. The molecule has 138 valence electrons. The summed E-state index contributed by atoms with van der Waals surface area (Å²) in [6.07, 6.45) is 3.41. The number of nitrogens with one attached hydrogen (secondary N) is 1. The summed E-state index contributed by atoms with van der Waals surface area (Å²) in [6, 6.07) is 10.9. The van der Waals surface area contributed by atoms with Gasteiger partial charge in [-0.05, 0) is 43.3 Å². The maximum atomic E-state index is 13.2. The van der Waals surface area contributed by atoms with Crippen molar-refractivity contribution in [2.45, 2.75) is 13.0 Å². The summed E-state index contributed by atoms with van der Waals surface area (Å²) in [4.78, 5) is 21.9. The van der Waals surface area contributed by atoms with Crippen LogP contribution in [0.1, 0.15) is 18.7 Å². The second-order valence-corrected chi connectivity index (χ2v) is 6.44. The zero-order valence-electron chi connectivity index (χ0n) is 15.3. The van der Waals surface area contributed by atoms with Gasteiger partial charge in [0.2, 0.25) is 11.9 Å². The van der Waals surface area contributed by atoms with Gasteiger partial charge >= 0.3 is 0 Å². The minimum atomic E-state index is -0.505. The summed E-state index contributed by atoms with van der Waals surface area (Å²) in [5, 5.41) is 7.30. The number of nitrogens with zero attached hydrogens (tertiary/aromatic N) is 5. The Hall–Kier alpha value is -3.42. The van der Waals surface area contributed by atoms with E-state index >= 15 is 0 Å². The van der Waals surface area contributed by atoms with Gasteiger partial charge in [0.25, 0.3) is 0 Å². The van der Waals surface area contributed by atoms with Crippen LogP contribution in [0.4, 0.5) is 11.6 Å². The van der Waals surface area contributed by atoms with Crippen LogP contribution in [0, 0.1) is 5.92 Å². The Balaban J connectivity index is 1.70. The van der Waals surface area contributed by atoms with E-state index in [2.05, 4.69) is 20.4 Å². The molecule has 0 bridgehead atoms. The van der Waals surface area contributed by atoms with Gasteiger partial charge in [-0.2, -0.15) is 10.1 Å². The van der Waals surface area contributed by atoms with Gasteiger partial charge < -0.3 is 14.6 Å². The molecule has 1 aromatic carbocycles. The lowest BCUT2D eigenvalue weighted by Gasteiger charge is -2.30. The standard InChI is InChI=1S/C19H20N6O2/c1-12-16(18(26)23-13-6-8-14(27-3)9-7-13)17(15-5-4-10-24(15)2)25-19(22-12)20-11-21-25/h4-11,16-17H,1-3H3,(H,23,26). The number of anilines is 1. The van der Waals surface area contributed by atoms with Crippen molar-refractivity contribution >= 4 is 23.3 Å². The van der Waals surface area contributed by atoms with Gasteiger partial charge in [-0.1, -0.05) is 0 Å². The van der Waals surface area contributed by atoms with Crippen LogP contribution in [0.2, 0.25) is 0 Å². The molecular formula is C19H20N6O2. The second kappa shape index (κ2) is 6.71. The predicted octanol–water partition coefficient (Wildman–Crippen LogP) is 2.58. The minimum absolute atomic E-state index is 0.145. The molecule has 8 nitrogen and oxygen atoms in total. The van der Waals surface area contributed by atoms with Crippen molar-refractivity contribution in [3.63, 3.8) is 0 Å². The van der Waals surface area contributed by atoms with Crippen LogP contribution in [0.25, 0.3) is 0 Å².